The number of hydrogen-bond donors (Lipinski definition) is 0. The highest BCUT2D eigenvalue weighted by Gasteiger charge is 2.25. The van der Waals surface area contributed by atoms with E-state index in [4.69, 9.17) is 31.9 Å². The molecule has 4 heterocycles. The molecule has 2 aliphatic heterocycles. The highest BCUT2D eigenvalue weighted by Crippen LogP contribution is 2.32. The fourth-order valence-electron chi connectivity index (χ4n) is 3.03. The Morgan fingerprint density at radius 3 is 3.10 bits per heavy atom. The van der Waals surface area contributed by atoms with Crippen LogP contribution in [0, 0.1) is 12.7 Å². The van der Waals surface area contributed by atoms with Crippen molar-refractivity contribution in [2.24, 2.45) is 0 Å². The van der Waals surface area contributed by atoms with E-state index in [1.807, 2.05) is 0 Å². The van der Waals surface area contributed by atoms with Gasteiger partial charge >= 0.3 is 0 Å². The van der Waals surface area contributed by atoms with E-state index in [2.05, 4.69) is 10.1 Å². The summed E-state index contributed by atoms with van der Waals surface area (Å²) in [5, 5.41) is 2.58. The van der Waals surface area contributed by atoms with Crippen molar-refractivity contribution in [2.45, 2.75) is 57.6 Å². The molecule has 0 N–H and O–H groups in total. The van der Waals surface area contributed by atoms with Gasteiger partial charge in [0, 0.05) is 71.3 Å². The predicted molar refractivity (Wildman–Crippen MR) is 112 cm³/mol. The number of aromatic nitrogens is 3. The monoisotopic (exact) mass is 430 g/mol. The van der Waals surface area contributed by atoms with Gasteiger partial charge in [0.1, 0.15) is 11.6 Å². The van der Waals surface area contributed by atoms with Crippen molar-refractivity contribution in [3.63, 3.8) is 0 Å². The Morgan fingerprint density at radius 1 is 1.40 bits per heavy atom. The predicted octanol–water partition coefficient (Wildman–Crippen LogP) is 3.59. The summed E-state index contributed by atoms with van der Waals surface area (Å²) in [6.07, 6.45) is -14.6. The number of piperidine rings is 1. The summed E-state index contributed by atoms with van der Waals surface area (Å²) in [7, 11) is 0. The van der Waals surface area contributed by atoms with Crippen LogP contribution >= 0.6 is 0 Å². The van der Waals surface area contributed by atoms with Crippen molar-refractivity contribution in [3.05, 3.63) is 57.1 Å². The van der Waals surface area contributed by atoms with Crippen molar-refractivity contribution >= 4 is 11.0 Å². The molecule has 3 aromatic rings. The summed E-state index contributed by atoms with van der Waals surface area (Å²) < 4.78 is 190. The molecule has 0 saturated carbocycles. The lowest BCUT2D eigenvalue weighted by atomic mass is 9.91. The largest absolute Gasteiger partial charge is 0.356 e. The van der Waals surface area contributed by atoms with Crippen molar-refractivity contribution < 1.29 is 36.3 Å². The molecule has 0 bridgehead atoms. The van der Waals surface area contributed by atoms with Gasteiger partial charge in [-0.1, -0.05) is 5.16 Å². The molecular formula is C23H27FN4O2. The molecule has 0 aliphatic carbocycles. The van der Waals surface area contributed by atoms with Crippen molar-refractivity contribution in [1.29, 1.82) is 0 Å². The maximum Gasteiger partial charge on any atom is 0.256 e. The zero-order valence-corrected chi connectivity index (χ0v) is 15.2. The first-order valence-electron chi connectivity index (χ1n) is 18.9. The highest BCUT2D eigenvalue weighted by atomic mass is 19.1. The van der Waals surface area contributed by atoms with Crippen LogP contribution in [-0.2, 0) is 19.3 Å². The molecule has 158 valence electrons. The van der Waals surface area contributed by atoms with E-state index in [-0.39, 0.29) is 19.4 Å². The topological polar surface area (TPSA) is 64.2 Å². The number of aryl methyl sites for hydroxylation is 2. The van der Waals surface area contributed by atoms with Crippen molar-refractivity contribution in [3.8, 4) is 0 Å². The lowest BCUT2D eigenvalue weighted by molar-refractivity contribution is 0.211. The quantitative estimate of drug-likeness (QED) is 0.633. The fraction of sp³-hybridized carbons (Fsp3) is 0.522. The minimum atomic E-state index is -4.37. The maximum atomic E-state index is 14.4. The number of fused-ring (bicyclic) bond motifs is 2. The molecular weight excluding hydrogens is 383 g/mol. The summed E-state index contributed by atoms with van der Waals surface area (Å²) in [6, 6.07) is -3.49. The fourth-order valence-corrected chi connectivity index (χ4v) is 3.03. The second-order valence-electron chi connectivity index (χ2n) is 6.37. The standard InChI is InChI=1S/C23H27FN4O2/c1-15-18(23(29)28-10-3-2-4-21(28)25-15)9-13-27-11-7-16(8-12-27)22-19-6-5-17(24)14-20(19)30-26-22/h5-6,14,16H,2-4,7-13H2,1H3/i1D3,4D2,5D,6D,7D2,8D2,9D2,11D2,12D2,13D2,14D. The van der Waals surface area contributed by atoms with Crippen LogP contribution in [-0.4, -0.2) is 39.1 Å². The Labute approximate surface area is 202 Å². The smallest absolute Gasteiger partial charge is 0.256 e. The third-order valence-corrected chi connectivity index (χ3v) is 4.46. The zero-order chi connectivity index (χ0) is 38.3. The van der Waals surface area contributed by atoms with Crippen molar-refractivity contribution in [2.75, 3.05) is 19.5 Å². The van der Waals surface area contributed by atoms with Crippen LogP contribution in [0.3, 0.4) is 0 Å². The summed E-state index contributed by atoms with van der Waals surface area (Å²) in [5.41, 5.74) is -6.58. The van der Waals surface area contributed by atoms with Crippen LogP contribution in [0.1, 0.15) is 81.7 Å². The van der Waals surface area contributed by atoms with Gasteiger partial charge in [0.05, 0.1) is 9.81 Å². The molecule has 5 rings (SSSR count). The SMILES string of the molecule is [2H]c1c(F)c([2H])c2onc(C3C([2H])([2H])C([2H])([2H])N(C([2H])([2H])C([2H])([2H])c4c(C([2H])([2H])[2H])nc5n(c4=O)CCCC5([2H])[2H])C([2H])([2H])C3([2H])[2H])c2c1[2H]. The van der Waals surface area contributed by atoms with Crippen LogP contribution in [0.5, 0.6) is 0 Å². The van der Waals surface area contributed by atoms with Crippen molar-refractivity contribution in [1.82, 2.24) is 19.6 Å². The molecule has 0 amide bonds. The van der Waals surface area contributed by atoms with Gasteiger partial charge in [-0.05, 0) is 63.9 Å². The van der Waals surface area contributed by atoms with E-state index < -0.39 is 126 Å². The third-order valence-electron chi connectivity index (χ3n) is 4.46. The number of rotatable bonds is 4. The van der Waals surface area contributed by atoms with Gasteiger partial charge in [-0.15, -0.1) is 0 Å². The van der Waals surface area contributed by atoms with Crippen LogP contribution in [0.2, 0.25) is 0 Å². The molecule has 2 aliphatic rings. The molecule has 0 spiro atoms. The minimum Gasteiger partial charge on any atom is -0.356 e. The first-order valence-corrected chi connectivity index (χ1v) is 8.85. The average Bonchev–Trinajstić information content (AvgIpc) is 3.37. The lowest BCUT2D eigenvalue weighted by Gasteiger charge is -2.31. The lowest BCUT2D eigenvalue weighted by Crippen LogP contribution is -2.37. The molecule has 2 aromatic heterocycles. The molecule has 0 radical (unpaired) electrons. The summed E-state index contributed by atoms with van der Waals surface area (Å²) in [6.45, 7) is -16.6. The Kier molecular flexibility index (Phi) is 1.92. The average molecular weight is 431 g/mol. The Bertz CT molecular complexity index is 1940. The summed E-state index contributed by atoms with van der Waals surface area (Å²) >= 11 is 0. The maximum absolute atomic E-state index is 14.4. The van der Waals surface area contributed by atoms with Gasteiger partial charge in [0.2, 0.25) is 0 Å². The summed E-state index contributed by atoms with van der Waals surface area (Å²) in [5.74, 6) is -5.10. The van der Waals surface area contributed by atoms with E-state index in [1.165, 1.54) is 0 Å². The molecule has 1 saturated heterocycles. The highest BCUT2D eigenvalue weighted by molar-refractivity contribution is 5.79. The number of hydrogen-bond acceptors (Lipinski definition) is 5. The Hall–Kier alpha value is -2.54. The minimum absolute atomic E-state index is 0.0180. The normalized spacial score (nSPS) is 37.6. The van der Waals surface area contributed by atoms with Gasteiger partial charge in [0.25, 0.3) is 5.56 Å². The second kappa shape index (κ2) is 7.95. The van der Waals surface area contributed by atoms with E-state index >= 15 is 0 Å². The van der Waals surface area contributed by atoms with Crippen LogP contribution in [0.25, 0.3) is 11.0 Å². The molecule has 1 fully saturated rings. The molecule has 30 heavy (non-hydrogen) atoms. The Balaban J connectivity index is 1.79. The zero-order valence-electron chi connectivity index (χ0n) is 35.2. The van der Waals surface area contributed by atoms with Gasteiger partial charge in [-0.25, -0.2) is 9.37 Å². The van der Waals surface area contributed by atoms with E-state index in [0.29, 0.717) is 4.57 Å². The number of halogens is 1. The van der Waals surface area contributed by atoms with Gasteiger partial charge in [-0.2, -0.15) is 0 Å². The number of nitrogens with zero attached hydrogens (tertiary/aromatic N) is 4. The van der Waals surface area contributed by atoms with E-state index in [0.717, 1.165) is 0 Å². The van der Waals surface area contributed by atoms with Crippen LogP contribution in [0.15, 0.2) is 27.4 Å². The molecule has 0 atom stereocenters. The van der Waals surface area contributed by atoms with Gasteiger partial charge in [-0.3, -0.25) is 9.36 Å². The Morgan fingerprint density at radius 2 is 2.27 bits per heavy atom. The van der Waals surface area contributed by atoms with Crippen LogP contribution < -0.4 is 5.56 Å². The first kappa shape index (κ1) is 7.26. The molecule has 7 heteroatoms. The third kappa shape index (κ3) is 3.55. The number of likely N-dealkylation sites (tertiary alicyclic amines) is 1. The summed E-state index contributed by atoms with van der Waals surface area (Å²) in [4.78, 5) is 16.8. The number of benzene rings is 1. The molecule has 0 unspecified atom stereocenters. The first-order chi connectivity index (χ1) is 22.3. The molecule has 6 nitrogen and oxygen atoms in total. The van der Waals surface area contributed by atoms with Crippen LogP contribution in [0.4, 0.5) is 4.39 Å². The molecule has 1 aromatic carbocycles. The van der Waals surface area contributed by atoms with E-state index in [9.17, 15) is 9.18 Å². The van der Waals surface area contributed by atoms with E-state index in [1.54, 1.807) is 0 Å². The second-order valence-corrected chi connectivity index (χ2v) is 6.37. The van der Waals surface area contributed by atoms with Gasteiger partial charge in [0.15, 0.2) is 5.58 Å². The van der Waals surface area contributed by atoms with Gasteiger partial charge < -0.3 is 9.42 Å².